The van der Waals surface area contributed by atoms with Crippen molar-refractivity contribution in [1.82, 2.24) is 5.32 Å². The van der Waals surface area contributed by atoms with Gasteiger partial charge in [0.25, 0.3) is 0 Å². The average Bonchev–Trinajstić information content (AvgIpc) is 2.54. The van der Waals surface area contributed by atoms with Crippen molar-refractivity contribution in [2.24, 2.45) is 0 Å². The Kier molecular flexibility index (Phi) is 6.49. The Bertz CT molecular complexity index is 430. The van der Waals surface area contributed by atoms with Gasteiger partial charge in [-0.1, -0.05) is 6.07 Å². The molecule has 1 aromatic carbocycles. The summed E-state index contributed by atoms with van der Waals surface area (Å²) in [7, 11) is 1.97. The molecule has 1 aliphatic rings. The van der Waals surface area contributed by atoms with E-state index in [2.05, 4.69) is 30.4 Å². The van der Waals surface area contributed by atoms with Gasteiger partial charge in [0.15, 0.2) is 0 Å². The standard InChI is InChI=1S/C17H27NO3/c1-4-20-17-6-5-14(13(2)18-3)11-15(17)12-21-16-7-9-19-10-8-16/h5-6,11,13,16,18H,4,7-10,12H2,1-3H3. The normalized spacial score (nSPS) is 17.7. The minimum Gasteiger partial charge on any atom is -0.494 e. The Morgan fingerprint density at radius 1 is 1.33 bits per heavy atom. The number of nitrogens with one attached hydrogen (secondary N) is 1. The van der Waals surface area contributed by atoms with Crippen LogP contribution < -0.4 is 10.1 Å². The second-order valence-corrected chi connectivity index (χ2v) is 5.43. The summed E-state index contributed by atoms with van der Waals surface area (Å²) in [5, 5.41) is 3.27. The van der Waals surface area contributed by atoms with E-state index in [4.69, 9.17) is 14.2 Å². The van der Waals surface area contributed by atoms with Crippen molar-refractivity contribution in [2.45, 2.75) is 45.4 Å². The number of benzene rings is 1. The highest BCUT2D eigenvalue weighted by Gasteiger charge is 2.16. The molecule has 1 saturated heterocycles. The molecule has 2 rings (SSSR count). The van der Waals surface area contributed by atoms with Crippen LogP contribution in [0.5, 0.6) is 5.75 Å². The molecule has 4 nitrogen and oxygen atoms in total. The van der Waals surface area contributed by atoms with Crippen LogP contribution in [0.1, 0.15) is 43.9 Å². The van der Waals surface area contributed by atoms with Gasteiger partial charge in [0.2, 0.25) is 0 Å². The molecule has 1 fully saturated rings. The fourth-order valence-corrected chi connectivity index (χ4v) is 2.49. The van der Waals surface area contributed by atoms with Gasteiger partial charge in [-0.25, -0.2) is 0 Å². The van der Waals surface area contributed by atoms with E-state index in [1.165, 1.54) is 5.56 Å². The topological polar surface area (TPSA) is 39.7 Å². The predicted molar refractivity (Wildman–Crippen MR) is 83.7 cm³/mol. The van der Waals surface area contributed by atoms with Crippen molar-refractivity contribution in [3.8, 4) is 5.75 Å². The molecular formula is C17H27NO3. The fourth-order valence-electron chi connectivity index (χ4n) is 2.49. The van der Waals surface area contributed by atoms with Crippen molar-refractivity contribution in [1.29, 1.82) is 0 Å². The van der Waals surface area contributed by atoms with Crippen molar-refractivity contribution >= 4 is 0 Å². The molecule has 1 unspecified atom stereocenters. The summed E-state index contributed by atoms with van der Waals surface area (Å²) in [5.74, 6) is 0.927. The minimum atomic E-state index is 0.304. The van der Waals surface area contributed by atoms with Gasteiger partial charge >= 0.3 is 0 Å². The quantitative estimate of drug-likeness (QED) is 0.838. The van der Waals surface area contributed by atoms with Crippen LogP contribution in [0.2, 0.25) is 0 Å². The van der Waals surface area contributed by atoms with E-state index < -0.39 is 0 Å². The van der Waals surface area contributed by atoms with Gasteiger partial charge in [-0.2, -0.15) is 0 Å². The molecule has 4 heteroatoms. The van der Waals surface area contributed by atoms with Gasteiger partial charge < -0.3 is 19.5 Å². The van der Waals surface area contributed by atoms with Crippen molar-refractivity contribution in [3.05, 3.63) is 29.3 Å². The van der Waals surface area contributed by atoms with Gasteiger partial charge in [0.05, 0.1) is 19.3 Å². The maximum Gasteiger partial charge on any atom is 0.124 e. The molecule has 21 heavy (non-hydrogen) atoms. The third kappa shape index (κ3) is 4.70. The smallest absolute Gasteiger partial charge is 0.124 e. The number of hydrogen-bond acceptors (Lipinski definition) is 4. The molecule has 0 radical (unpaired) electrons. The first-order valence-electron chi connectivity index (χ1n) is 7.86. The summed E-state index contributed by atoms with van der Waals surface area (Å²) in [6.45, 7) is 7.04. The summed E-state index contributed by atoms with van der Waals surface area (Å²) >= 11 is 0. The minimum absolute atomic E-state index is 0.304. The zero-order chi connectivity index (χ0) is 15.1. The average molecular weight is 293 g/mol. The molecule has 1 N–H and O–H groups in total. The Balaban J connectivity index is 2.05. The highest BCUT2D eigenvalue weighted by Crippen LogP contribution is 2.25. The van der Waals surface area contributed by atoms with Gasteiger partial charge in [0.1, 0.15) is 5.75 Å². The highest BCUT2D eigenvalue weighted by atomic mass is 16.5. The zero-order valence-corrected chi connectivity index (χ0v) is 13.4. The molecule has 1 aromatic rings. The largest absolute Gasteiger partial charge is 0.494 e. The first-order valence-corrected chi connectivity index (χ1v) is 7.86. The molecule has 0 spiro atoms. The van der Waals surface area contributed by atoms with Gasteiger partial charge in [-0.15, -0.1) is 0 Å². The van der Waals surface area contributed by atoms with Gasteiger partial charge in [-0.3, -0.25) is 0 Å². The Morgan fingerprint density at radius 3 is 2.76 bits per heavy atom. The number of hydrogen-bond donors (Lipinski definition) is 1. The Morgan fingerprint density at radius 2 is 2.10 bits per heavy atom. The summed E-state index contributed by atoms with van der Waals surface area (Å²) in [4.78, 5) is 0. The fraction of sp³-hybridized carbons (Fsp3) is 0.647. The molecule has 1 aliphatic heterocycles. The summed E-state index contributed by atoms with van der Waals surface area (Å²) in [5.41, 5.74) is 2.38. The third-order valence-corrected chi connectivity index (χ3v) is 3.96. The lowest BCUT2D eigenvalue weighted by atomic mass is 10.0. The molecule has 0 bridgehead atoms. The lowest BCUT2D eigenvalue weighted by Crippen LogP contribution is -2.23. The number of rotatable bonds is 7. The molecule has 0 amide bonds. The van der Waals surface area contributed by atoms with E-state index >= 15 is 0 Å². The molecular weight excluding hydrogens is 266 g/mol. The van der Waals surface area contributed by atoms with E-state index in [9.17, 15) is 0 Å². The van der Waals surface area contributed by atoms with Crippen LogP contribution in [0, 0.1) is 0 Å². The van der Waals surface area contributed by atoms with E-state index in [0.717, 1.165) is 37.4 Å². The van der Waals surface area contributed by atoms with Crippen LogP contribution in [0.3, 0.4) is 0 Å². The lowest BCUT2D eigenvalue weighted by molar-refractivity contribution is -0.0395. The SMILES string of the molecule is CCOc1ccc(C(C)NC)cc1COC1CCOCC1. The van der Waals surface area contributed by atoms with Crippen LogP contribution in [-0.2, 0) is 16.1 Å². The number of ether oxygens (including phenoxy) is 3. The predicted octanol–water partition coefficient (Wildman–Crippen LogP) is 3.06. The highest BCUT2D eigenvalue weighted by molar-refractivity contribution is 5.38. The van der Waals surface area contributed by atoms with Crippen LogP contribution in [0.4, 0.5) is 0 Å². The van der Waals surface area contributed by atoms with Crippen LogP contribution in [0.15, 0.2) is 18.2 Å². The van der Waals surface area contributed by atoms with E-state index in [0.29, 0.717) is 25.4 Å². The molecule has 118 valence electrons. The van der Waals surface area contributed by atoms with Crippen molar-refractivity contribution < 1.29 is 14.2 Å². The van der Waals surface area contributed by atoms with Crippen molar-refractivity contribution in [3.63, 3.8) is 0 Å². The second kappa shape index (κ2) is 8.37. The summed E-state index contributed by atoms with van der Waals surface area (Å²) in [6, 6.07) is 6.67. The third-order valence-electron chi connectivity index (χ3n) is 3.96. The van der Waals surface area contributed by atoms with Crippen LogP contribution >= 0.6 is 0 Å². The van der Waals surface area contributed by atoms with E-state index in [1.807, 2.05) is 14.0 Å². The lowest BCUT2D eigenvalue weighted by Gasteiger charge is -2.23. The van der Waals surface area contributed by atoms with Gasteiger partial charge in [-0.05, 0) is 51.4 Å². The first kappa shape index (κ1) is 16.3. The maximum absolute atomic E-state index is 6.04. The Labute approximate surface area is 127 Å². The van der Waals surface area contributed by atoms with E-state index in [-0.39, 0.29) is 0 Å². The monoisotopic (exact) mass is 293 g/mol. The molecule has 1 atom stereocenters. The maximum atomic E-state index is 6.04. The molecule has 0 aromatic heterocycles. The first-order chi connectivity index (χ1) is 10.2. The second-order valence-electron chi connectivity index (χ2n) is 5.43. The zero-order valence-electron chi connectivity index (χ0n) is 13.4. The molecule has 1 heterocycles. The molecule has 0 saturated carbocycles. The van der Waals surface area contributed by atoms with Crippen LogP contribution in [0.25, 0.3) is 0 Å². The summed E-state index contributed by atoms with van der Waals surface area (Å²) in [6.07, 6.45) is 2.27. The molecule has 0 aliphatic carbocycles. The summed E-state index contributed by atoms with van der Waals surface area (Å²) < 4.78 is 17.1. The van der Waals surface area contributed by atoms with Crippen LogP contribution in [-0.4, -0.2) is 33.0 Å². The Hall–Kier alpha value is -1.10. The van der Waals surface area contributed by atoms with Crippen molar-refractivity contribution in [2.75, 3.05) is 26.9 Å². The van der Waals surface area contributed by atoms with Gasteiger partial charge in [0, 0.05) is 24.8 Å². The van der Waals surface area contributed by atoms with E-state index in [1.54, 1.807) is 0 Å².